The van der Waals surface area contributed by atoms with E-state index in [0.717, 1.165) is 5.56 Å². The molecule has 6 nitrogen and oxygen atoms in total. The van der Waals surface area contributed by atoms with Gasteiger partial charge in [-0.2, -0.15) is 0 Å². The molecule has 1 aliphatic rings. The van der Waals surface area contributed by atoms with Crippen molar-refractivity contribution in [3.63, 3.8) is 0 Å². The number of benzene rings is 2. The molecule has 2 aromatic carbocycles. The fraction of sp³-hybridized carbons (Fsp3) is 0.300. The number of nitrogens with one attached hydrogen (secondary N) is 2. The first-order chi connectivity index (χ1) is 13.5. The molecule has 2 N–H and O–H groups in total. The minimum Gasteiger partial charge on any atom is -0.334 e. The molecule has 28 heavy (non-hydrogen) atoms. The van der Waals surface area contributed by atoms with Crippen LogP contribution in [0.2, 0.25) is 5.02 Å². The van der Waals surface area contributed by atoms with Crippen LogP contribution >= 0.6 is 11.6 Å². The molecule has 1 saturated heterocycles. The number of rotatable bonds is 3. The van der Waals surface area contributed by atoms with Gasteiger partial charge in [-0.1, -0.05) is 29.8 Å². The van der Waals surface area contributed by atoms with Crippen molar-refractivity contribution in [1.29, 1.82) is 0 Å². The summed E-state index contributed by atoms with van der Waals surface area (Å²) in [4.78, 5) is 28.2. The summed E-state index contributed by atoms with van der Waals surface area (Å²) >= 11 is 6.11. The average molecular weight is 405 g/mol. The first kappa shape index (κ1) is 19.9. The van der Waals surface area contributed by atoms with Crippen LogP contribution in [0.15, 0.2) is 48.5 Å². The lowest BCUT2D eigenvalue weighted by Crippen LogP contribution is -2.43. The van der Waals surface area contributed by atoms with Crippen LogP contribution in [0.4, 0.5) is 19.7 Å². The molecular weight excluding hydrogens is 383 g/mol. The minimum atomic E-state index is -0.355. The molecule has 148 valence electrons. The van der Waals surface area contributed by atoms with Crippen molar-refractivity contribution in [1.82, 2.24) is 15.1 Å². The number of nitrogens with zero attached hydrogens (tertiary/aromatic N) is 2. The van der Waals surface area contributed by atoms with Gasteiger partial charge in [-0.05, 0) is 42.3 Å². The number of amides is 4. The van der Waals surface area contributed by atoms with Crippen LogP contribution in [-0.2, 0) is 6.54 Å². The second kappa shape index (κ2) is 9.41. The van der Waals surface area contributed by atoms with E-state index in [1.807, 2.05) is 18.2 Å². The number of carbonyl (C=O) groups is 2. The highest BCUT2D eigenvalue weighted by atomic mass is 35.5. The normalized spacial score (nSPS) is 14.4. The summed E-state index contributed by atoms with van der Waals surface area (Å²) in [5.74, 6) is -0.355. The molecule has 0 aliphatic carbocycles. The summed E-state index contributed by atoms with van der Waals surface area (Å²) in [6.45, 7) is 2.32. The van der Waals surface area contributed by atoms with Gasteiger partial charge in [-0.3, -0.25) is 0 Å². The zero-order valence-electron chi connectivity index (χ0n) is 15.3. The van der Waals surface area contributed by atoms with E-state index in [2.05, 4.69) is 10.6 Å². The van der Waals surface area contributed by atoms with Crippen molar-refractivity contribution < 1.29 is 14.0 Å². The molecule has 4 amide bonds. The SMILES string of the molecule is O=C(NCc1ccccc1Cl)N1CCCN(C(=O)Nc2ccc(F)cc2)CC1. The fourth-order valence-corrected chi connectivity index (χ4v) is 3.19. The Morgan fingerprint density at radius 1 is 0.929 bits per heavy atom. The lowest BCUT2D eigenvalue weighted by atomic mass is 10.2. The Morgan fingerprint density at radius 3 is 2.25 bits per heavy atom. The highest BCUT2D eigenvalue weighted by molar-refractivity contribution is 6.31. The molecule has 8 heteroatoms. The molecule has 1 aliphatic heterocycles. The van der Waals surface area contributed by atoms with Crippen molar-refractivity contribution in [3.8, 4) is 0 Å². The molecule has 0 aromatic heterocycles. The van der Waals surface area contributed by atoms with E-state index >= 15 is 0 Å². The maximum Gasteiger partial charge on any atom is 0.321 e. The van der Waals surface area contributed by atoms with Crippen LogP contribution in [0.5, 0.6) is 0 Å². The van der Waals surface area contributed by atoms with E-state index in [1.165, 1.54) is 24.3 Å². The van der Waals surface area contributed by atoms with E-state index in [-0.39, 0.29) is 17.9 Å². The molecule has 0 unspecified atom stereocenters. The monoisotopic (exact) mass is 404 g/mol. The number of hydrogen-bond donors (Lipinski definition) is 2. The number of urea groups is 2. The Hall–Kier alpha value is -2.80. The number of carbonyl (C=O) groups excluding carboxylic acids is 2. The molecule has 0 radical (unpaired) electrons. The van der Waals surface area contributed by atoms with Gasteiger partial charge in [0, 0.05) is 43.4 Å². The van der Waals surface area contributed by atoms with Gasteiger partial charge in [0.15, 0.2) is 0 Å². The van der Waals surface area contributed by atoms with Crippen LogP contribution in [0.25, 0.3) is 0 Å². The Labute approximate surface area is 168 Å². The Bertz CT molecular complexity index is 831. The summed E-state index contributed by atoms with van der Waals surface area (Å²) in [6, 6.07) is 12.5. The predicted molar refractivity (Wildman–Crippen MR) is 107 cm³/mol. The topological polar surface area (TPSA) is 64.7 Å². The van der Waals surface area contributed by atoms with E-state index in [0.29, 0.717) is 49.9 Å². The lowest BCUT2D eigenvalue weighted by molar-refractivity contribution is 0.195. The van der Waals surface area contributed by atoms with E-state index < -0.39 is 0 Å². The second-order valence-electron chi connectivity index (χ2n) is 6.51. The Morgan fingerprint density at radius 2 is 1.57 bits per heavy atom. The molecule has 0 atom stereocenters. The molecule has 0 bridgehead atoms. The van der Waals surface area contributed by atoms with Crippen LogP contribution < -0.4 is 10.6 Å². The Balaban J connectivity index is 1.49. The molecule has 2 aromatic rings. The lowest BCUT2D eigenvalue weighted by Gasteiger charge is -2.23. The van der Waals surface area contributed by atoms with Gasteiger partial charge in [0.2, 0.25) is 0 Å². The first-order valence-electron chi connectivity index (χ1n) is 9.10. The summed E-state index contributed by atoms with van der Waals surface area (Å²) in [6.07, 6.45) is 0.677. The average Bonchev–Trinajstić information content (AvgIpc) is 2.95. The van der Waals surface area contributed by atoms with Crippen LogP contribution in [0, 0.1) is 5.82 Å². The van der Waals surface area contributed by atoms with Gasteiger partial charge >= 0.3 is 12.1 Å². The van der Waals surface area contributed by atoms with Crippen molar-refractivity contribution in [2.24, 2.45) is 0 Å². The van der Waals surface area contributed by atoms with E-state index in [4.69, 9.17) is 11.6 Å². The van der Waals surface area contributed by atoms with E-state index in [1.54, 1.807) is 15.9 Å². The van der Waals surface area contributed by atoms with Crippen molar-refractivity contribution >= 4 is 29.4 Å². The number of halogens is 2. The van der Waals surface area contributed by atoms with Crippen LogP contribution in [0.1, 0.15) is 12.0 Å². The third kappa shape index (κ3) is 5.36. The zero-order chi connectivity index (χ0) is 19.9. The van der Waals surface area contributed by atoms with Gasteiger partial charge in [0.05, 0.1) is 0 Å². The zero-order valence-corrected chi connectivity index (χ0v) is 16.1. The van der Waals surface area contributed by atoms with Crippen LogP contribution in [0.3, 0.4) is 0 Å². The molecule has 1 fully saturated rings. The van der Waals surface area contributed by atoms with Crippen molar-refractivity contribution in [2.45, 2.75) is 13.0 Å². The molecule has 0 spiro atoms. The Kier molecular flexibility index (Phi) is 6.71. The fourth-order valence-electron chi connectivity index (χ4n) is 2.98. The maximum atomic E-state index is 13.0. The minimum absolute atomic E-state index is 0.180. The van der Waals surface area contributed by atoms with E-state index in [9.17, 15) is 14.0 Å². The molecular formula is C20H22ClFN4O2. The van der Waals surface area contributed by atoms with Gasteiger partial charge < -0.3 is 20.4 Å². The predicted octanol–water partition coefficient (Wildman–Crippen LogP) is 3.93. The summed E-state index contributed by atoms with van der Waals surface area (Å²) in [7, 11) is 0. The third-order valence-corrected chi connectivity index (χ3v) is 4.92. The highest BCUT2D eigenvalue weighted by Crippen LogP contribution is 2.15. The second-order valence-corrected chi connectivity index (χ2v) is 6.92. The maximum absolute atomic E-state index is 13.0. The summed E-state index contributed by atoms with van der Waals surface area (Å²) < 4.78 is 13.0. The van der Waals surface area contributed by atoms with Gasteiger partial charge in [-0.25, -0.2) is 14.0 Å². The summed E-state index contributed by atoms with van der Waals surface area (Å²) in [5, 5.41) is 6.24. The largest absolute Gasteiger partial charge is 0.334 e. The third-order valence-electron chi connectivity index (χ3n) is 4.55. The highest BCUT2D eigenvalue weighted by Gasteiger charge is 2.22. The number of anilines is 1. The summed E-state index contributed by atoms with van der Waals surface area (Å²) in [5.41, 5.74) is 1.39. The number of hydrogen-bond acceptors (Lipinski definition) is 2. The van der Waals surface area contributed by atoms with Crippen molar-refractivity contribution in [3.05, 3.63) is 64.9 Å². The standard InChI is InChI=1S/C20H22ClFN4O2/c21-18-5-2-1-4-15(18)14-23-19(27)25-10-3-11-26(13-12-25)20(28)24-17-8-6-16(22)7-9-17/h1-2,4-9H,3,10-14H2,(H,23,27)(H,24,28). The van der Waals surface area contributed by atoms with Crippen LogP contribution in [-0.4, -0.2) is 48.0 Å². The van der Waals surface area contributed by atoms with Gasteiger partial charge in [0.25, 0.3) is 0 Å². The quantitative estimate of drug-likeness (QED) is 0.814. The van der Waals surface area contributed by atoms with Gasteiger partial charge in [-0.15, -0.1) is 0 Å². The molecule has 0 saturated carbocycles. The first-order valence-corrected chi connectivity index (χ1v) is 9.48. The molecule has 3 rings (SSSR count). The van der Waals surface area contributed by atoms with Gasteiger partial charge in [0.1, 0.15) is 5.82 Å². The smallest absolute Gasteiger partial charge is 0.321 e. The molecule has 1 heterocycles. The van der Waals surface area contributed by atoms with Crippen molar-refractivity contribution in [2.75, 3.05) is 31.5 Å².